The molecule has 11 heteroatoms. The standard InChI is InChI=1S/C29H31N5O6/c1-37-20-14-34(15-20)16-21-24(17-7-5-4-6-8-17)29(18-9-11-19(12-10-18)32-33-30)28(36,26(21)35)25-22(40-29)13-23(38-2)31-27(25)39-3/h4-13,20-21,24,26,35-36H,14-16H2,1-3H3/t21-,24-,26-,28+,29+/m1/s1. The third kappa shape index (κ3) is 3.67. The average molecular weight is 546 g/mol. The fourth-order valence-corrected chi connectivity index (χ4v) is 6.81. The van der Waals surface area contributed by atoms with Crippen molar-refractivity contribution in [2.75, 3.05) is 41.0 Å². The van der Waals surface area contributed by atoms with Crippen molar-refractivity contribution in [1.82, 2.24) is 9.88 Å². The Hall–Kier alpha value is -3.86. The normalized spacial score (nSPS) is 29.1. The summed E-state index contributed by atoms with van der Waals surface area (Å²) in [4.78, 5) is 9.54. The van der Waals surface area contributed by atoms with Crippen molar-refractivity contribution in [3.8, 4) is 17.5 Å². The second kappa shape index (κ2) is 9.96. The number of rotatable bonds is 8. The largest absolute Gasteiger partial charge is 0.481 e. The average Bonchev–Trinajstić information content (AvgIpc) is 3.33. The summed E-state index contributed by atoms with van der Waals surface area (Å²) in [5.41, 5.74) is 7.70. The van der Waals surface area contributed by atoms with Gasteiger partial charge in [0.05, 0.1) is 32.0 Å². The van der Waals surface area contributed by atoms with Crippen molar-refractivity contribution in [2.24, 2.45) is 11.0 Å². The monoisotopic (exact) mass is 545 g/mol. The van der Waals surface area contributed by atoms with Crippen LogP contribution in [0.3, 0.4) is 0 Å². The lowest BCUT2D eigenvalue weighted by molar-refractivity contribution is -0.153. The van der Waals surface area contributed by atoms with E-state index in [2.05, 4.69) is 19.9 Å². The highest BCUT2D eigenvalue weighted by atomic mass is 16.5. The van der Waals surface area contributed by atoms with E-state index in [4.69, 9.17) is 24.5 Å². The molecular weight excluding hydrogens is 514 g/mol. The molecule has 2 aromatic carbocycles. The summed E-state index contributed by atoms with van der Waals surface area (Å²) in [6.07, 6.45) is -1.13. The fraction of sp³-hybridized carbons (Fsp3) is 0.414. The van der Waals surface area contributed by atoms with E-state index in [1.54, 1.807) is 37.4 Å². The molecule has 0 bridgehead atoms. The molecule has 1 saturated carbocycles. The number of ether oxygens (including phenoxy) is 4. The molecule has 5 atom stereocenters. The van der Waals surface area contributed by atoms with E-state index < -0.39 is 29.1 Å². The third-order valence-electron chi connectivity index (χ3n) is 8.59. The van der Waals surface area contributed by atoms with Crippen LogP contribution in [0.15, 0.2) is 65.8 Å². The molecule has 1 aromatic heterocycles. The molecule has 1 aliphatic carbocycles. The molecule has 0 spiro atoms. The van der Waals surface area contributed by atoms with Crippen LogP contribution in [0.4, 0.5) is 5.69 Å². The topological polar surface area (TPSA) is 142 Å². The molecule has 11 nitrogen and oxygen atoms in total. The first kappa shape index (κ1) is 26.4. The first-order valence-electron chi connectivity index (χ1n) is 13.1. The summed E-state index contributed by atoms with van der Waals surface area (Å²) >= 11 is 0. The second-order valence-corrected chi connectivity index (χ2v) is 10.5. The molecule has 3 heterocycles. The molecule has 2 N–H and O–H groups in total. The Balaban J connectivity index is 1.60. The van der Waals surface area contributed by atoms with Crippen molar-refractivity contribution in [1.29, 1.82) is 0 Å². The Morgan fingerprint density at radius 3 is 2.45 bits per heavy atom. The second-order valence-electron chi connectivity index (χ2n) is 10.5. The van der Waals surface area contributed by atoms with Gasteiger partial charge in [0.1, 0.15) is 5.75 Å². The van der Waals surface area contributed by atoms with Gasteiger partial charge < -0.3 is 29.2 Å². The predicted molar refractivity (Wildman–Crippen MR) is 145 cm³/mol. The van der Waals surface area contributed by atoms with Crippen LogP contribution in [-0.2, 0) is 15.9 Å². The highest BCUT2D eigenvalue weighted by Gasteiger charge is 2.77. The lowest BCUT2D eigenvalue weighted by atomic mass is 9.70. The highest BCUT2D eigenvalue weighted by molar-refractivity contribution is 5.60. The van der Waals surface area contributed by atoms with Crippen LogP contribution in [0.25, 0.3) is 10.4 Å². The van der Waals surface area contributed by atoms with E-state index >= 15 is 0 Å². The molecule has 6 rings (SSSR count). The molecule has 0 unspecified atom stereocenters. The third-order valence-corrected chi connectivity index (χ3v) is 8.59. The maximum Gasteiger partial charge on any atom is 0.226 e. The van der Waals surface area contributed by atoms with Crippen LogP contribution < -0.4 is 14.2 Å². The number of aliphatic hydroxyl groups is 2. The zero-order valence-corrected chi connectivity index (χ0v) is 22.5. The summed E-state index contributed by atoms with van der Waals surface area (Å²) in [5.74, 6) is -0.265. The maximum absolute atomic E-state index is 12.9. The zero-order valence-electron chi connectivity index (χ0n) is 22.5. The lowest BCUT2D eigenvalue weighted by Crippen LogP contribution is -2.54. The van der Waals surface area contributed by atoms with Crippen LogP contribution >= 0.6 is 0 Å². The van der Waals surface area contributed by atoms with Crippen LogP contribution in [-0.4, -0.2) is 73.3 Å². The van der Waals surface area contributed by atoms with E-state index in [9.17, 15) is 10.2 Å². The molecular formula is C29H31N5O6. The number of hydrogen-bond acceptors (Lipinski definition) is 9. The minimum absolute atomic E-state index is 0.110. The number of methoxy groups -OCH3 is 3. The van der Waals surface area contributed by atoms with Crippen molar-refractivity contribution >= 4 is 5.69 Å². The zero-order chi connectivity index (χ0) is 28.1. The summed E-state index contributed by atoms with van der Waals surface area (Å²) < 4.78 is 23.4. The van der Waals surface area contributed by atoms with Crippen LogP contribution in [0.1, 0.15) is 22.6 Å². The number of pyridine rings is 1. The Labute approximate surface area is 231 Å². The highest BCUT2D eigenvalue weighted by Crippen LogP contribution is 2.70. The number of aliphatic hydroxyl groups excluding tert-OH is 1. The van der Waals surface area contributed by atoms with Gasteiger partial charge >= 0.3 is 0 Å². The number of likely N-dealkylation sites (tertiary alicyclic amines) is 1. The number of nitrogens with zero attached hydrogens (tertiary/aromatic N) is 5. The lowest BCUT2D eigenvalue weighted by Gasteiger charge is -2.42. The Morgan fingerprint density at radius 1 is 1.10 bits per heavy atom. The number of aromatic nitrogens is 1. The van der Waals surface area contributed by atoms with Gasteiger partial charge in [-0.1, -0.05) is 59.7 Å². The molecule has 3 aliphatic rings. The molecule has 3 aromatic rings. The Kier molecular flexibility index (Phi) is 6.56. The number of benzene rings is 2. The summed E-state index contributed by atoms with van der Waals surface area (Å²) in [6, 6.07) is 18.3. The van der Waals surface area contributed by atoms with Gasteiger partial charge in [0.2, 0.25) is 11.8 Å². The van der Waals surface area contributed by atoms with Crippen molar-refractivity contribution < 1.29 is 29.2 Å². The van der Waals surface area contributed by atoms with Crippen molar-refractivity contribution in [3.05, 3.63) is 87.8 Å². The molecule has 0 amide bonds. The number of azide groups is 1. The maximum atomic E-state index is 12.9. The fourth-order valence-electron chi connectivity index (χ4n) is 6.81. The van der Waals surface area contributed by atoms with Gasteiger partial charge in [0.25, 0.3) is 0 Å². The van der Waals surface area contributed by atoms with Gasteiger partial charge in [-0.2, -0.15) is 4.98 Å². The summed E-state index contributed by atoms with van der Waals surface area (Å²) in [5, 5.41) is 28.9. The summed E-state index contributed by atoms with van der Waals surface area (Å²) in [7, 11) is 4.64. The van der Waals surface area contributed by atoms with E-state index in [0.717, 1.165) is 18.7 Å². The Bertz CT molecular complexity index is 1440. The van der Waals surface area contributed by atoms with Gasteiger partial charge in [0.15, 0.2) is 11.2 Å². The van der Waals surface area contributed by atoms with E-state index in [1.165, 1.54) is 14.2 Å². The molecule has 0 radical (unpaired) electrons. The van der Waals surface area contributed by atoms with Crippen LogP contribution in [0, 0.1) is 5.92 Å². The first-order valence-corrected chi connectivity index (χ1v) is 13.1. The quantitative estimate of drug-likeness (QED) is 0.248. The molecule has 1 saturated heterocycles. The van der Waals surface area contributed by atoms with Crippen LogP contribution in [0.5, 0.6) is 17.5 Å². The van der Waals surface area contributed by atoms with E-state index in [1.807, 2.05) is 30.3 Å². The summed E-state index contributed by atoms with van der Waals surface area (Å²) in [6.45, 7) is 1.96. The van der Waals surface area contributed by atoms with E-state index in [-0.39, 0.29) is 23.4 Å². The molecule has 2 fully saturated rings. The van der Waals surface area contributed by atoms with Gasteiger partial charge in [-0.25, -0.2) is 0 Å². The van der Waals surface area contributed by atoms with Crippen molar-refractivity contribution in [2.45, 2.75) is 29.3 Å². The molecule has 40 heavy (non-hydrogen) atoms. The molecule has 2 aliphatic heterocycles. The number of hydrogen-bond donors (Lipinski definition) is 2. The minimum Gasteiger partial charge on any atom is -0.481 e. The van der Waals surface area contributed by atoms with E-state index in [0.29, 0.717) is 23.5 Å². The molecule has 208 valence electrons. The Morgan fingerprint density at radius 2 is 1.82 bits per heavy atom. The van der Waals surface area contributed by atoms with Gasteiger partial charge in [-0.05, 0) is 16.7 Å². The minimum atomic E-state index is -1.95. The first-order chi connectivity index (χ1) is 19.4. The van der Waals surface area contributed by atoms with Gasteiger partial charge in [0, 0.05) is 55.2 Å². The van der Waals surface area contributed by atoms with Gasteiger partial charge in [-0.15, -0.1) is 0 Å². The van der Waals surface area contributed by atoms with Crippen LogP contribution in [0.2, 0.25) is 0 Å². The SMILES string of the molecule is COc1cc2c(c(OC)n1)[C@]1(O)[C@H](O)[C@H](CN3CC(OC)C3)[C@@H](c3ccccc3)[C@]1(c1ccc(N=[N+]=[N-])cc1)O2. The predicted octanol–water partition coefficient (Wildman–Crippen LogP) is 3.62. The van der Waals surface area contributed by atoms with Crippen molar-refractivity contribution in [3.63, 3.8) is 0 Å². The smallest absolute Gasteiger partial charge is 0.226 e. The number of fused-ring (bicyclic) bond motifs is 3. The van der Waals surface area contributed by atoms with Gasteiger partial charge in [-0.3, -0.25) is 4.90 Å².